The third-order valence-corrected chi connectivity index (χ3v) is 2.95. The normalized spacial score (nSPS) is 11.2. The average molecular weight is 311 g/mol. The molecule has 5 nitrogen and oxygen atoms in total. The van der Waals surface area contributed by atoms with Crippen LogP contribution in [-0.4, -0.2) is 16.0 Å². The summed E-state index contributed by atoms with van der Waals surface area (Å²) in [6, 6.07) is 6.94. The summed E-state index contributed by atoms with van der Waals surface area (Å²) in [5.74, 6) is -1.42. The Hall–Kier alpha value is -2.90. The molecule has 0 radical (unpaired) electrons. The lowest BCUT2D eigenvalue weighted by Crippen LogP contribution is -2.07. The maximum absolute atomic E-state index is 12.8. The van der Waals surface area contributed by atoms with E-state index in [1.807, 2.05) is 0 Å². The van der Waals surface area contributed by atoms with Crippen molar-refractivity contribution in [2.24, 2.45) is 0 Å². The minimum atomic E-state index is -4.65. The van der Waals surface area contributed by atoms with Gasteiger partial charge in [-0.05, 0) is 29.3 Å². The summed E-state index contributed by atoms with van der Waals surface area (Å²) in [6.07, 6.45) is -4.65. The summed E-state index contributed by atoms with van der Waals surface area (Å²) in [5.41, 5.74) is -1.94. The van der Waals surface area contributed by atoms with Crippen LogP contribution in [0.5, 0.6) is 0 Å². The highest BCUT2D eigenvalue weighted by molar-refractivity contribution is 5.96. The number of rotatable bonds is 3. The van der Waals surface area contributed by atoms with Gasteiger partial charge in [-0.1, -0.05) is 12.1 Å². The smallest absolute Gasteiger partial charge is 0.416 e. The molecule has 0 aliphatic heterocycles. The van der Waals surface area contributed by atoms with E-state index in [0.29, 0.717) is 12.1 Å². The van der Waals surface area contributed by atoms with Gasteiger partial charge in [-0.25, -0.2) is 4.79 Å². The Morgan fingerprint density at radius 1 is 1.14 bits per heavy atom. The molecule has 0 atom stereocenters. The quantitative estimate of drug-likeness (QED) is 0.686. The van der Waals surface area contributed by atoms with E-state index in [2.05, 4.69) is 0 Å². The van der Waals surface area contributed by atoms with Crippen molar-refractivity contribution in [3.8, 4) is 11.1 Å². The fourth-order valence-electron chi connectivity index (χ4n) is 1.93. The van der Waals surface area contributed by atoms with Gasteiger partial charge in [0.05, 0.1) is 16.1 Å². The molecule has 8 heteroatoms. The van der Waals surface area contributed by atoms with Crippen molar-refractivity contribution in [3.63, 3.8) is 0 Å². The Labute approximate surface area is 121 Å². The predicted octanol–water partition coefficient (Wildman–Crippen LogP) is 3.98. The monoisotopic (exact) mass is 311 g/mol. The Morgan fingerprint density at radius 2 is 1.82 bits per heavy atom. The van der Waals surface area contributed by atoms with Crippen molar-refractivity contribution < 1.29 is 28.0 Å². The van der Waals surface area contributed by atoms with Gasteiger partial charge in [0.2, 0.25) is 0 Å². The Morgan fingerprint density at radius 3 is 2.36 bits per heavy atom. The van der Waals surface area contributed by atoms with Gasteiger partial charge >= 0.3 is 12.1 Å². The number of non-ortho nitro benzene ring substituents is 1. The van der Waals surface area contributed by atoms with Crippen LogP contribution in [0.25, 0.3) is 11.1 Å². The lowest BCUT2D eigenvalue weighted by Gasteiger charge is -2.11. The summed E-state index contributed by atoms with van der Waals surface area (Å²) in [7, 11) is 0. The van der Waals surface area contributed by atoms with Crippen LogP contribution in [0.1, 0.15) is 15.9 Å². The fourth-order valence-corrected chi connectivity index (χ4v) is 1.93. The van der Waals surface area contributed by atoms with Crippen LogP contribution in [0.4, 0.5) is 18.9 Å². The SMILES string of the molecule is O=C(O)c1ccc(C(F)(F)F)cc1-c1cccc([N+](=O)[O-])c1. The third kappa shape index (κ3) is 3.05. The summed E-state index contributed by atoms with van der Waals surface area (Å²) >= 11 is 0. The van der Waals surface area contributed by atoms with Crippen molar-refractivity contribution in [3.05, 3.63) is 63.7 Å². The molecule has 0 aliphatic carbocycles. The maximum atomic E-state index is 12.8. The number of carboxylic acid groups (broad SMARTS) is 1. The van der Waals surface area contributed by atoms with E-state index in [1.54, 1.807) is 0 Å². The summed E-state index contributed by atoms with van der Waals surface area (Å²) in [5, 5.41) is 19.8. The number of halogens is 3. The molecule has 2 rings (SSSR count). The number of carboxylic acids is 1. The first-order valence-corrected chi connectivity index (χ1v) is 5.89. The zero-order valence-corrected chi connectivity index (χ0v) is 10.8. The number of alkyl halides is 3. The molecular weight excluding hydrogens is 303 g/mol. The van der Waals surface area contributed by atoms with E-state index < -0.39 is 22.6 Å². The molecule has 0 saturated carbocycles. The number of nitrogens with zero attached hydrogens (tertiary/aromatic N) is 1. The summed E-state index contributed by atoms with van der Waals surface area (Å²) in [6.45, 7) is 0. The van der Waals surface area contributed by atoms with Gasteiger partial charge in [0.1, 0.15) is 0 Å². The van der Waals surface area contributed by atoms with E-state index >= 15 is 0 Å². The van der Waals surface area contributed by atoms with Crippen LogP contribution >= 0.6 is 0 Å². The topological polar surface area (TPSA) is 80.4 Å². The average Bonchev–Trinajstić information content (AvgIpc) is 2.45. The molecule has 0 saturated heterocycles. The molecular formula is C14H8F3NO4. The maximum Gasteiger partial charge on any atom is 0.416 e. The number of carbonyl (C=O) groups is 1. The molecule has 2 aromatic carbocycles. The minimum absolute atomic E-state index is 0.0256. The number of nitro groups is 1. The second-order valence-corrected chi connectivity index (χ2v) is 4.37. The van der Waals surface area contributed by atoms with Crippen LogP contribution in [0.15, 0.2) is 42.5 Å². The molecule has 2 aromatic rings. The fraction of sp³-hybridized carbons (Fsp3) is 0.0714. The first-order chi connectivity index (χ1) is 10.2. The third-order valence-electron chi connectivity index (χ3n) is 2.95. The first-order valence-electron chi connectivity index (χ1n) is 5.89. The lowest BCUT2D eigenvalue weighted by atomic mass is 9.96. The zero-order valence-electron chi connectivity index (χ0n) is 10.8. The van der Waals surface area contributed by atoms with E-state index in [9.17, 15) is 28.1 Å². The van der Waals surface area contributed by atoms with Crippen molar-refractivity contribution in [1.82, 2.24) is 0 Å². The molecule has 0 fully saturated rings. The number of hydrogen-bond acceptors (Lipinski definition) is 3. The molecule has 0 aromatic heterocycles. The molecule has 0 aliphatic rings. The van der Waals surface area contributed by atoms with E-state index in [-0.39, 0.29) is 22.4 Å². The van der Waals surface area contributed by atoms with Gasteiger partial charge in [0.15, 0.2) is 0 Å². The van der Waals surface area contributed by atoms with Crippen LogP contribution in [-0.2, 0) is 6.18 Å². The van der Waals surface area contributed by atoms with Crippen molar-refractivity contribution >= 4 is 11.7 Å². The number of hydrogen-bond donors (Lipinski definition) is 1. The lowest BCUT2D eigenvalue weighted by molar-refractivity contribution is -0.384. The van der Waals surface area contributed by atoms with Crippen LogP contribution in [0, 0.1) is 10.1 Å². The molecule has 0 amide bonds. The molecule has 0 heterocycles. The van der Waals surface area contributed by atoms with E-state index in [1.165, 1.54) is 12.1 Å². The van der Waals surface area contributed by atoms with E-state index in [4.69, 9.17) is 5.11 Å². The molecule has 114 valence electrons. The van der Waals surface area contributed by atoms with Gasteiger partial charge in [-0.3, -0.25) is 10.1 Å². The number of nitro benzene ring substituents is 1. The first kappa shape index (κ1) is 15.5. The van der Waals surface area contributed by atoms with Crippen molar-refractivity contribution in [1.29, 1.82) is 0 Å². The van der Waals surface area contributed by atoms with Gasteiger partial charge in [0, 0.05) is 12.1 Å². The van der Waals surface area contributed by atoms with Gasteiger partial charge in [-0.2, -0.15) is 13.2 Å². The second-order valence-electron chi connectivity index (χ2n) is 4.37. The van der Waals surface area contributed by atoms with Crippen LogP contribution < -0.4 is 0 Å². The van der Waals surface area contributed by atoms with Crippen LogP contribution in [0.3, 0.4) is 0 Å². The highest BCUT2D eigenvalue weighted by Crippen LogP contribution is 2.35. The number of benzene rings is 2. The van der Waals surface area contributed by atoms with E-state index in [0.717, 1.165) is 18.2 Å². The van der Waals surface area contributed by atoms with Gasteiger partial charge in [0.25, 0.3) is 5.69 Å². The van der Waals surface area contributed by atoms with Gasteiger partial charge < -0.3 is 5.11 Å². The molecule has 0 spiro atoms. The standard InChI is InChI=1S/C14H8F3NO4/c15-14(16,17)9-4-5-11(13(19)20)12(7-9)8-2-1-3-10(6-8)18(21)22/h1-7H,(H,19,20). The number of aromatic carboxylic acids is 1. The van der Waals surface area contributed by atoms with Crippen molar-refractivity contribution in [2.45, 2.75) is 6.18 Å². The van der Waals surface area contributed by atoms with Crippen LogP contribution in [0.2, 0.25) is 0 Å². The largest absolute Gasteiger partial charge is 0.478 e. The highest BCUT2D eigenvalue weighted by atomic mass is 19.4. The minimum Gasteiger partial charge on any atom is -0.478 e. The Kier molecular flexibility index (Phi) is 3.85. The van der Waals surface area contributed by atoms with Crippen molar-refractivity contribution in [2.75, 3.05) is 0 Å². The summed E-state index contributed by atoms with van der Waals surface area (Å²) < 4.78 is 38.3. The second kappa shape index (κ2) is 5.47. The molecule has 0 unspecified atom stereocenters. The highest BCUT2D eigenvalue weighted by Gasteiger charge is 2.31. The Balaban J connectivity index is 2.68. The molecule has 0 bridgehead atoms. The zero-order chi connectivity index (χ0) is 16.5. The molecule has 1 N–H and O–H groups in total. The Bertz CT molecular complexity index is 756. The molecule has 22 heavy (non-hydrogen) atoms. The summed E-state index contributed by atoms with van der Waals surface area (Å²) in [4.78, 5) is 21.2. The predicted molar refractivity (Wildman–Crippen MR) is 70.5 cm³/mol. The van der Waals surface area contributed by atoms with Gasteiger partial charge in [-0.15, -0.1) is 0 Å².